The third-order valence-electron chi connectivity index (χ3n) is 5.49. The molecule has 0 aromatic carbocycles. The number of carbonyl (C=O) groups excluding carboxylic acids is 1. The summed E-state index contributed by atoms with van der Waals surface area (Å²) in [5, 5.41) is 10.7. The van der Waals surface area contributed by atoms with E-state index in [1.807, 2.05) is 12.2 Å². The Kier molecular flexibility index (Phi) is 3.84. The van der Waals surface area contributed by atoms with Crippen LogP contribution in [0.1, 0.15) is 19.8 Å². The molecule has 1 spiro atoms. The van der Waals surface area contributed by atoms with Crippen molar-refractivity contribution in [2.24, 2.45) is 5.41 Å². The number of carboxylic acid groups (broad SMARTS) is 1. The Morgan fingerprint density at radius 3 is 2.60 bits per heavy atom. The first kappa shape index (κ1) is 16.5. The van der Waals surface area contributed by atoms with Crippen LogP contribution in [0.15, 0.2) is 17.0 Å². The number of amides is 3. The Labute approximate surface area is 152 Å². The number of hydrogen-bond acceptors (Lipinski definition) is 6. The van der Waals surface area contributed by atoms with Crippen molar-refractivity contribution in [2.45, 2.75) is 38.1 Å². The predicted molar refractivity (Wildman–Crippen MR) is 90.1 cm³/mol. The smallest absolute Gasteiger partial charge is 0.412 e. The molecule has 5 rings (SSSR count). The largest absolute Gasteiger partial charge is 0.465 e. The molecular formula is C15H18BrN5O4. The van der Waals surface area contributed by atoms with Crippen LogP contribution in [0.4, 0.5) is 15.4 Å². The van der Waals surface area contributed by atoms with Gasteiger partial charge in [0.25, 0.3) is 0 Å². The summed E-state index contributed by atoms with van der Waals surface area (Å²) in [6, 6.07) is -0.686. The summed E-state index contributed by atoms with van der Waals surface area (Å²) in [5.41, 5.74) is -0.103. The molecule has 4 fully saturated rings. The molecule has 134 valence electrons. The minimum atomic E-state index is -1.35. The summed E-state index contributed by atoms with van der Waals surface area (Å²) in [6.45, 7) is 3.54. The number of hydrogen-bond donors (Lipinski definition) is 2. The number of urea groups is 1. The van der Waals surface area contributed by atoms with E-state index in [0.717, 1.165) is 31.7 Å². The zero-order valence-electron chi connectivity index (χ0n) is 13.6. The van der Waals surface area contributed by atoms with Crippen LogP contribution in [-0.2, 0) is 4.74 Å². The number of ether oxygens (including phenoxy) is 1. The fourth-order valence-corrected chi connectivity index (χ4v) is 4.69. The van der Waals surface area contributed by atoms with Gasteiger partial charge in [-0.1, -0.05) is 0 Å². The van der Waals surface area contributed by atoms with Gasteiger partial charge in [0.1, 0.15) is 16.6 Å². The first-order valence-corrected chi connectivity index (χ1v) is 8.92. The third kappa shape index (κ3) is 2.46. The van der Waals surface area contributed by atoms with Crippen LogP contribution in [0.5, 0.6) is 0 Å². The first-order valence-electron chi connectivity index (χ1n) is 8.12. The maximum Gasteiger partial charge on any atom is 0.412 e. The molecule has 0 saturated carbocycles. The van der Waals surface area contributed by atoms with Crippen molar-refractivity contribution >= 4 is 33.9 Å². The average molecular weight is 412 g/mol. The number of carbonyl (C=O) groups is 2. The van der Waals surface area contributed by atoms with Gasteiger partial charge in [-0.2, -0.15) is 0 Å². The molecule has 4 saturated heterocycles. The van der Waals surface area contributed by atoms with Crippen molar-refractivity contribution in [3.63, 3.8) is 0 Å². The molecule has 3 amide bonds. The SMILES string of the molecule is C[C@@H]1O[C@@H]2N(C(=O)NC(=O)O)[C@H]1C21CCN(c2cnc(Br)cn2)CC1. The molecule has 4 aliphatic heterocycles. The molecule has 9 nitrogen and oxygen atoms in total. The van der Waals surface area contributed by atoms with Crippen molar-refractivity contribution in [1.29, 1.82) is 0 Å². The second kappa shape index (κ2) is 5.80. The Balaban J connectivity index is 1.46. The summed E-state index contributed by atoms with van der Waals surface area (Å²) in [7, 11) is 0. The molecule has 0 aliphatic carbocycles. The van der Waals surface area contributed by atoms with Crippen LogP contribution in [0.3, 0.4) is 0 Å². The van der Waals surface area contributed by atoms with Gasteiger partial charge in [-0.25, -0.2) is 24.9 Å². The molecule has 1 aromatic heterocycles. The maximum absolute atomic E-state index is 12.1. The minimum absolute atomic E-state index is 0.0880. The van der Waals surface area contributed by atoms with E-state index < -0.39 is 12.1 Å². The van der Waals surface area contributed by atoms with Gasteiger partial charge in [0, 0.05) is 18.5 Å². The van der Waals surface area contributed by atoms with Crippen molar-refractivity contribution < 1.29 is 19.4 Å². The molecule has 25 heavy (non-hydrogen) atoms. The zero-order chi connectivity index (χ0) is 17.8. The minimum Gasteiger partial charge on any atom is -0.465 e. The highest BCUT2D eigenvalue weighted by atomic mass is 79.9. The highest BCUT2D eigenvalue weighted by Gasteiger charge is 2.71. The van der Waals surface area contributed by atoms with E-state index in [4.69, 9.17) is 9.84 Å². The lowest BCUT2D eigenvalue weighted by Gasteiger charge is -2.58. The predicted octanol–water partition coefficient (Wildman–Crippen LogP) is 1.64. The number of anilines is 1. The second-order valence-electron chi connectivity index (χ2n) is 6.70. The molecular weight excluding hydrogens is 394 g/mol. The molecule has 0 radical (unpaired) electrons. The average Bonchev–Trinajstić information content (AvgIpc) is 3.06. The van der Waals surface area contributed by atoms with Crippen LogP contribution in [-0.4, -0.2) is 63.6 Å². The zero-order valence-corrected chi connectivity index (χ0v) is 15.1. The highest BCUT2D eigenvalue weighted by Crippen LogP contribution is 2.59. The lowest BCUT2D eigenvalue weighted by Crippen LogP contribution is -2.72. The number of rotatable bonds is 1. The molecule has 4 aliphatic rings. The normalized spacial score (nSPS) is 29.4. The van der Waals surface area contributed by atoms with Gasteiger partial charge < -0.3 is 14.7 Å². The molecule has 0 unspecified atom stereocenters. The fraction of sp³-hybridized carbons (Fsp3) is 0.600. The van der Waals surface area contributed by atoms with E-state index in [1.165, 1.54) is 4.90 Å². The molecule has 3 atom stereocenters. The number of aromatic nitrogens is 2. The van der Waals surface area contributed by atoms with Crippen LogP contribution >= 0.6 is 15.9 Å². The van der Waals surface area contributed by atoms with E-state index in [-0.39, 0.29) is 23.8 Å². The highest BCUT2D eigenvalue weighted by molar-refractivity contribution is 9.10. The molecule has 2 N–H and O–H groups in total. The van der Waals surface area contributed by atoms with Crippen LogP contribution in [0.2, 0.25) is 0 Å². The van der Waals surface area contributed by atoms with Crippen LogP contribution in [0.25, 0.3) is 0 Å². The molecule has 1 aromatic rings. The Bertz CT molecular complexity index is 706. The van der Waals surface area contributed by atoms with Crippen molar-refractivity contribution in [3.05, 3.63) is 17.0 Å². The monoisotopic (exact) mass is 411 g/mol. The van der Waals surface area contributed by atoms with Crippen molar-refractivity contribution in [2.75, 3.05) is 18.0 Å². The molecule has 5 heterocycles. The van der Waals surface area contributed by atoms with Gasteiger partial charge >= 0.3 is 12.1 Å². The van der Waals surface area contributed by atoms with Crippen molar-refractivity contribution in [3.8, 4) is 0 Å². The number of nitrogens with one attached hydrogen (secondary N) is 1. The van der Waals surface area contributed by atoms with Crippen LogP contribution < -0.4 is 10.2 Å². The molecule has 2 bridgehead atoms. The molecule has 10 heteroatoms. The topological polar surface area (TPSA) is 108 Å². The lowest BCUT2D eigenvalue weighted by molar-refractivity contribution is -0.136. The number of halogens is 1. The van der Waals surface area contributed by atoms with E-state index in [1.54, 1.807) is 12.4 Å². The number of nitrogens with zero attached hydrogens (tertiary/aromatic N) is 4. The number of piperidine rings is 1. The Hall–Kier alpha value is -1.94. The quantitative estimate of drug-likeness (QED) is 0.722. The summed E-state index contributed by atoms with van der Waals surface area (Å²) in [5.74, 6) is 0.833. The summed E-state index contributed by atoms with van der Waals surface area (Å²) < 4.78 is 6.62. The summed E-state index contributed by atoms with van der Waals surface area (Å²) in [4.78, 5) is 35.2. The van der Waals surface area contributed by atoms with Gasteiger partial charge in [-0.15, -0.1) is 0 Å². The van der Waals surface area contributed by atoms with Gasteiger partial charge in [-0.3, -0.25) is 4.90 Å². The van der Waals surface area contributed by atoms with E-state index in [0.29, 0.717) is 4.60 Å². The van der Waals surface area contributed by atoms with E-state index in [2.05, 4.69) is 30.8 Å². The summed E-state index contributed by atoms with van der Waals surface area (Å²) >= 11 is 3.28. The van der Waals surface area contributed by atoms with E-state index in [9.17, 15) is 9.59 Å². The second-order valence-corrected chi connectivity index (χ2v) is 7.51. The van der Waals surface area contributed by atoms with E-state index >= 15 is 0 Å². The first-order chi connectivity index (χ1) is 11.9. The van der Waals surface area contributed by atoms with Gasteiger partial charge in [0.2, 0.25) is 0 Å². The Morgan fingerprint density at radius 1 is 1.36 bits per heavy atom. The van der Waals surface area contributed by atoms with Gasteiger partial charge in [0.15, 0.2) is 0 Å². The van der Waals surface area contributed by atoms with Gasteiger partial charge in [0.05, 0.1) is 24.5 Å². The van der Waals surface area contributed by atoms with Gasteiger partial charge in [-0.05, 0) is 35.7 Å². The fourth-order valence-electron chi connectivity index (χ4n) is 4.49. The third-order valence-corrected chi connectivity index (χ3v) is 5.90. The maximum atomic E-state index is 12.1. The lowest BCUT2D eigenvalue weighted by atomic mass is 9.64. The van der Waals surface area contributed by atoms with Crippen LogP contribution in [0, 0.1) is 5.41 Å². The number of fused-ring (bicyclic) bond motifs is 1. The summed E-state index contributed by atoms with van der Waals surface area (Å²) in [6.07, 6.45) is 3.34. The number of imide groups is 1. The standard InChI is InChI=1S/C15H18BrN5O4/c1-8-11-15(12(25-8)21(11)13(22)19-14(23)24)2-4-20(5-3-15)10-7-17-9(16)6-18-10/h6-8,11-12H,2-5H2,1H3,(H,19,22)(H,23,24)/t8-,11+,12-/m0/s1. The van der Waals surface area contributed by atoms with Crippen molar-refractivity contribution in [1.82, 2.24) is 20.2 Å². The Morgan fingerprint density at radius 2 is 2.08 bits per heavy atom.